The molecule has 3 heterocycles. The molecule has 42 heavy (non-hydrogen) atoms. The highest BCUT2D eigenvalue weighted by atomic mass is 19.4. The van der Waals surface area contributed by atoms with E-state index in [1.54, 1.807) is 36.1 Å². The molecular weight excluding hydrogens is 547 g/mol. The van der Waals surface area contributed by atoms with Crippen LogP contribution in [0.3, 0.4) is 0 Å². The molecule has 3 aliphatic rings. The van der Waals surface area contributed by atoms with Crippen molar-refractivity contribution in [2.24, 2.45) is 5.92 Å². The average molecular weight is 582 g/mol. The number of amides is 3. The highest BCUT2D eigenvalue weighted by Crippen LogP contribution is 2.48. The van der Waals surface area contributed by atoms with Crippen molar-refractivity contribution in [1.29, 1.82) is 0 Å². The first-order valence-corrected chi connectivity index (χ1v) is 14.6. The largest absolute Gasteiger partial charge is 0.408 e. The van der Waals surface area contributed by atoms with Crippen LogP contribution in [0, 0.1) is 5.92 Å². The van der Waals surface area contributed by atoms with Crippen LogP contribution in [0.5, 0.6) is 0 Å². The molecule has 1 aliphatic carbocycles. The fourth-order valence-electron chi connectivity index (χ4n) is 7.07. The van der Waals surface area contributed by atoms with E-state index < -0.39 is 24.0 Å². The van der Waals surface area contributed by atoms with Gasteiger partial charge in [0.15, 0.2) is 0 Å². The van der Waals surface area contributed by atoms with Crippen molar-refractivity contribution < 1.29 is 27.6 Å². The van der Waals surface area contributed by atoms with Gasteiger partial charge in [-0.3, -0.25) is 14.4 Å². The number of piperidine rings is 1. The SMILES string of the molecule is CC(=O)N1CCC2(CC1)C(=O)N(CC1CCC(NC(=O)c3c4ccccc4nn3CC(F)(F)F)CC1)c1ccccc12. The second-order valence-electron chi connectivity index (χ2n) is 11.9. The van der Waals surface area contributed by atoms with Gasteiger partial charge in [0, 0.05) is 43.7 Å². The van der Waals surface area contributed by atoms with Gasteiger partial charge in [-0.2, -0.15) is 18.3 Å². The Bertz CT molecular complexity index is 1520. The maximum Gasteiger partial charge on any atom is 0.408 e. The van der Waals surface area contributed by atoms with Crippen molar-refractivity contribution in [2.75, 3.05) is 24.5 Å². The fraction of sp³-hybridized carbons (Fsp3) is 0.484. The number of anilines is 1. The molecule has 11 heteroatoms. The third kappa shape index (κ3) is 5.13. The van der Waals surface area contributed by atoms with Gasteiger partial charge in [-0.1, -0.05) is 36.4 Å². The minimum atomic E-state index is -4.51. The number of hydrogen-bond donors (Lipinski definition) is 1. The number of hydrogen-bond acceptors (Lipinski definition) is 4. The molecule has 6 rings (SSSR count). The van der Waals surface area contributed by atoms with Crippen LogP contribution >= 0.6 is 0 Å². The topological polar surface area (TPSA) is 87.5 Å². The summed E-state index contributed by atoms with van der Waals surface area (Å²) in [5, 5.41) is 7.38. The molecule has 0 radical (unpaired) electrons. The Hall–Kier alpha value is -3.89. The Labute approximate surface area is 241 Å². The number of para-hydroxylation sites is 1. The molecule has 1 N–H and O–H groups in total. The Morgan fingerprint density at radius 3 is 2.36 bits per heavy atom. The van der Waals surface area contributed by atoms with Crippen LogP contribution in [0.15, 0.2) is 48.5 Å². The third-order valence-electron chi connectivity index (χ3n) is 9.24. The van der Waals surface area contributed by atoms with Crippen molar-refractivity contribution in [3.63, 3.8) is 0 Å². The van der Waals surface area contributed by atoms with Gasteiger partial charge in [0.2, 0.25) is 11.8 Å². The summed E-state index contributed by atoms with van der Waals surface area (Å²) in [4.78, 5) is 42.8. The standard InChI is InChI=1S/C31H34F3N5O3/c1-20(40)37-16-14-30(15-17-37)24-7-3-5-9-26(24)38(29(30)42)18-21-10-12-22(13-11-21)35-28(41)27-23-6-2-4-8-25(23)36-39(27)19-31(32,33)34/h2-9,21-22H,10-19H2,1H3,(H,35,41). The number of likely N-dealkylation sites (tertiary alicyclic amines) is 1. The molecule has 2 aromatic carbocycles. The third-order valence-corrected chi connectivity index (χ3v) is 9.24. The normalized spacial score (nSPS) is 22.0. The van der Waals surface area contributed by atoms with Crippen LogP contribution in [-0.4, -0.2) is 64.3 Å². The lowest BCUT2D eigenvalue weighted by Gasteiger charge is -2.38. The van der Waals surface area contributed by atoms with Gasteiger partial charge in [-0.05, 0) is 62.1 Å². The summed E-state index contributed by atoms with van der Waals surface area (Å²) in [6, 6.07) is 14.3. The Balaban J connectivity index is 1.11. The molecule has 1 spiro atoms. The maximum atomic E-state index is 13.9. The highest BCUT2D eigenvalue weighted by molar-refractivity contribution is 6.08. The second-order valence-corrected chi connectivity index (χ2v) is 11.9. The number of halogens is 3. The first-order valence-electron chi connectivity index (χ1n) is 14.6. The van der Waals surface area contributed by atoms with E-state index in [1.165, 1.54) is 0 Å². The number of carbonyl (C=O) groups excluding carboxylic acids is 3. The van der Waals surface area contributed by atoms with E-state index in [0.717, 1.165) is 28.8 Å². The van der Waals surface area contributed by atoms with E-state index in [2.05, 4.69) is 10.4 Å². The van der Waals surface area contributed by atoms with Crippen molar-refractivity contribution in [2.45, 2.75) is 69.6 Å². The summed E-state index contributed by atoms with van der Waals surface area (Å²) in [5.41, 5.74) is 1.65. The first-order chi connectivity index (χ1) is 20.1. The molecular formula is C31H34F3N5O3. The zero-order chi connectivity index (χ0) is 29.6. The molecule has 1 aromatic heterocycles. The van der Waals surface area contributed by atoms with Crippen LogP contribution in [0.4, 0.5) is 18.9 Å². The highest BCUT2D eigenvalue weighted by Gasteiger charge is 2.52. The number of alkyl halides is 3. The number of fused-ring (bicyclic) bond motifs is 3. The number of aromatic nitrogens is 2. The number of carbonyl (C=O) groups is 3. The van der Waals surface area contributed by atoms with Crippen LogP contribution in [0.1, 0.15) is 61.5 Å². The monoisotopic (exact) mass is 581 g/mol. The molecule has 0 atom stereocenters. The van der Waals surface area contributed by atoms with Gasteiger partial charge in [0.25, 0.3) is 5.91 Å². The number of nitrogens with zero attached hydrogens (tertiary/aromatic N) is 4. The Morgan fingerprint density at radius 1 is 1.00 bits per heavy atom. The molecule has 1 saturated heterocycles. The molecule has 2 aliphatic heterocycles. The summed E-state index contributed by atoms with van der Waals surface area (Å²) in [5.74, 6) is -0.187. The number of benzene rings is 2. The number of nitrogens with one attached hydrogen (secondary N) is 1. The molecule has 2 fully saturated rings. The molecule has 0 bridgehead atoms. The predicted octanol–water partition coefficient (Wildman–Crippen LogP) is 4.81. The lowest BCUT2D eigenvalue weighted by Crippen LogP contribution is -2.50. The van der Waals surface area contributed by atoms with Gasteiger partial charge in [-0.15, -0.1) is 0 Å². The lowest BCUT2D eigenvalue weighted by atomic mass is 9.73. The van der Waals surface area contributed by atoms with E-state index in [4.69, 9.17) is 0 Å². The van der Waals surface area contributed by atoms with E-state index in [-0.39, 0.29) is 29.5 Å². The molecule has 1 saturated carbocycles. The van der Waals surface area contributed by atoms with E-state index in [1.807, 2.05) is 29.2 Å². The van der Waals surface area contributed by atoms with Crippen molar-refractivity contribution in [3.05, 3.63) is 59.8 Å². The van der Waals surface area contributed by atoms with Gasteiger partial charge in [-0.25, -0.2) is 4.68 Å². The molecule has 3 amide bonds. The summed E-state index contributed by atoms with van der Waals surface area (Å²) in [7, 11) is 0. The number of rotatable bonds is 5. The lowest BCUT2D eigenvalue weighted by molar-refractivity contribution is -0.142. The second kappa shape index (κ2) is 10.7. The van der Waals surface area contributed by atoms with E-state index in [0.29, 0.717) is 56.2 Å². The summed E-state index contributed by atoms with van der Waals surface area (Å²) in [6.45, 7) is 1.93. The van der Waals surface area contributed by atoms with Crippen molar-refractivity contribution >= 4 is 34.3 Å². The summed E-state index contributed by atoms with van der Waals surface area (Å²) in [6.07, 6.45) is -0.387. The first kappa shape index (κ1) is 28.2. The van der Waals surface area contributed by atoms with Crippen molar-refractivity contribution in [1.82, 2.24) is 20.0 Å². The maximum absolute atomic E-state index is 13.9. The zero-order valence-corrected chi connectivity index (χ0v) is 23.5. The Kier molecular flexibility index (Phi) is 7.22. The van der Waals surface area contributed by atoms with Gasteiger partial charge in [0.05, 0.1) is 10.9 Å². The summed E-state index contributed by atoms with van der Waals surface area (Å²) >= 11 is 0. The van der Waals surface area contributed by atoms with Crippen molar-refractivity contribution in [3.8, 4) is 0 Å². The zero-order valence-electron chi connectivity index (χ0n) is 23.5. The molecule has 222 valence electrons. The minimum Gasteiger partial charge on any atom is -0.348 e. The predicted molar refractivity (Wildman–Crippen MR) is 151 cm³/mol. The smallest absolute Gasteiger partial charge is 0.348 e. The summed E-state index contributed by atoms with van der Waals surface area (Å²) < 4.78 is 40.4. The van der Waals surface area contributed by atoms with Crippen LogP contribution < -0.4 is 10.2 Å². The minimum absolute atomic E-state index is 0.0299. The van der Waals surface area contributed by atoms with Gasteiger partial charge >= 0.3 is 6.18 Å². The van der Waals surface area contributed by atoms with Crippen LogP contribution in [-0.2, 0) is 21.5 Å². The molecule has 3 aromatic rings. The van der Waals surface area contributed by atoms with Crippen LogP contribution in [0.25, 0.3) is 10.9 Å². The van der Waals surface area contributed by atoms with E-state index >= 15 is 0 Å². The average Bonchev–Trinajstić information content (AvgIpc) is 3.42. The van der Waals surface area contributed by atoms with E-state index in [9.17, 15) is 27.6 Å². The molecule has 0 unspecified atom stereocenters. The fourth-order valence-corrected chi connectivity index (χ4v) is 7.07. The van der Waals surface area contributed by atoms with Gasteiger partial charge < -0.3 is 15.1 Å². The van der Waals surface area contributed by atoms with Gasteiger partial charge in [0.1, 0.15) is 12.2 Å². The van der Waals surface area contributed by atoms with Crippen LogP contribution in [0.2, 0.25) is 0 Å². The quantitative estimate of drug-likeness (QED) is 0.469. The Morgan fingerprint density at radius 2 is 1.67 bits per heavy atom. The molecule has 8 nitrogen and oxygen atoms in total.